The number of nitrogens with one attached hydrogen (secondary N) is 1. The molecule has 1 heterocycles. The summed E-state index contributed by atoms with van der Waals surface area (Å²) in [7, 11) is 0. The molecule has 35 heavy (non-hydrogen) atoms. The smallest absolute Gasteiger partial charge is 0.256 e. The summed E-state index contributed by atoms with van der Waals surface area (Å²) in [4.78, 5) is 18.9. The number of halogens is 1. The second kappa shape index (κ2) is 10.6. The molecule has 0 radical (unpaired) electrons. The number of hydrogen-bond acceptors (Lipinski definition) is 3. The average Bonchev–Trinajstić information content (AvgIpc) is 3.22. The second-order valence-corrected chi connectivity index (χ2v) is 9.32. The summed E-state index contributed by atoms with van der Waals surface area (Å²) in [5, 5.41) is 4.46. The number of thiazole rings is 1. The lowest BCUT2D eigenvalue weighted by molar-refractivity contribution is 0.102. The van der Waals surface area contributed by atoms with E-state index in [4.69, 9.17) is 16.6 Å². The Bertz CT molecular complexity index is 1490. The van der Waals surface area contributed by atoms with Gasteiger partial charge in [-0.15, -0.1) is 0 Å². The molecule has 0 unspecified atom stereocenters. The molecule has 0 aliphatic heterocycles. The van der Waals surface area contributed by atoms with Crippen LogP contribution in [0.4, 0.5) is 10.7 Å². The molecule has 0 bridgehead atoms. The number of aromatic nitrogens is 1. The molecule has 4 aromatic carbocycles. The molecule has 5 rings (SSSR count). The van der Waals surface area contributed by atoms with Crippen molar-refractivity contribution in [2.24, 2.45) is 4.99 Å². The second-order valence-electron chi connectivity index (χ2n) is 7.91. The molecule has 1 amide bonds. The standard InChI is InChI=1S/C29H22ClN3OS/c30-24-18-16-23(17-19-24)27(34)32-28-26(22-12-6-2-7-13-22)33(20-21-10-4-1-5-11-21)29(35-28)31-25-14-8-3-9-15-25/h1-19H,20H2,(H,32,34). The van der Waals surface area contributed by atoms with Crippen LogP contribution in [0.3, 0.4) is 0 Å². The number of hydrogen-bond donors (Lipinski definition) is 1. The van der Waals surface area contributed by atoms with Crippen LogP contribution in [-0.4, -0.2) is 10.5 Å². The van der Waals surface area contributed by atoms with Crippen LogP contribution in [-0.2, 0) is 6.54 Å². The molecule has 0 saturated carbocycles. The predicted octanol–water partition coefficient (Wildman–Crippen LogP) is 7.40. The van der Waals surface area contributed by atoms with Gasteiger partial charge < -0.3 is 9.88 Å². The van der Waals surface area contributed by atoms with E-state index in [0.717, 1.165) is 32.3 Å². The molecule has 0 saturated heterocycles. The van der Waals surface area contributed by atoms with Gasteiger partial charge in [0, 0.05) is 16.1 Å². The Morgan fingerprint density at radius 3 is 2.06 bits per heavy atom. The summed E-state index contributed by atoms with van der Waals surface area (Å²) >= 11 is 7.47. The van der Waals surface area contributed by atoms with Gasteiger partial charge in [0.1, 0.15) is 5.00 Å². The molecule has 5 aromatic rings. The molecule has 0 spiro atoms. The van der Waals surface area contributed by atoms with E-state index >= 15 is 0 Å². The van der Waals surface area contributed by atoms with Crippen molar-refractivity contribution >= 4 is 39.5 Å². The summed E-state index contributed by atoms with van der Waals surface area (Å²) < 4.78 is 2.17. The molecule has 0 aliphatic carbocycles. The van der Waals surface area contributed by atoms with Crippen molar-refractivity contribution in [3.05, 3.63) is 136 Å². The Hall–Kier alpha value is -3.93. The minimum atomic E-state index is -0.196. The number of amides is 1. The van der Waals surface area contributed by atoms with E-state index < -0.39 is 0 Å². The zero-order valence-corrected chi connectivity index (χ0v) is 20.3. The summed E-state index contributed by atoms with van der Waals surface area (Å²) in [6.07, 6.45) is 0. The first-order valence-corrected chi connectivity index (χ1v) is 12.4. The van der Waals surface area contributed by atoms with Crippen molar-refractivity contribution in [1.29, 1.82) is 0 Å². The van der Waals surface area contributed by atoms with Crippen molar-refractivity contribution < 1.29 is 4.79 Å². The lowest BCUT2D eigenvalue weighted by Crippen LogP contribution is -2.17. The Morgan fingerprint density at radius 1 is 0.800 bits per heavy atom. The van der Waals surface area contributed by atoms with Crippen LogP contribution in [0.15, 0.2) is 120 Å². The van der Waals surface area contributed by atoms with Crippen LogP contribution in [0, 0.1) is 0 Å². The fraction of sp³-hybridized carbons (Fsp3) is 0.0345. The highest BCUT2D eigenvalue weighted by Gasteiger charge is 2.19. The maximum atomic E-state index is 13.2. The molecular weight excluding hydrogens is 474 g/mol. The lowest BCUT2D eigenvalue weighted by Gasteiger charge is -2.12. The molecule has 0 fully saturated rings. The van der Waals surface area contributed by atoms with Gasteiger partial charge in [-0.2, -0.15) is 0 Å². The maximum Gasteiger partial charge on any atom is 0.256 e. The normalized spacial score (nSPS) is 11.4. The number of anilines is 1. The van der Waals surface area contributed by atoms with Gasteiger partial charge in [0.15, 0.2) is 4.80 Å². The van der Waals surface area contributed by atoms with Crippen LogP contribution < -0.4 is 10.1 Å². The first-order chi connectivity index (χ1) is 17.2. The first kappa shape index (κ1) is 22.8. The van der Waals surface area contributed by atoms with E-state index in [1.54, 1.807) is 24.3 Å². The average molecular weight is 496 g/mol. The number of rotatable bonds is 6. The molecule has 1 aromatic heterocycles. The number of carbonyl (C=O) groups is 1. The van der Waals surface area contributed by atoms with Crippen LogP contribution in [0.25, 0.3) is 11.3 Å². The van der Waals surface area contributed by atoms with E-state index in [9.17, 15) is 4.79 Å². The van der Waals surface area contributed by atoms with Gasteiger partial charge in [-0.05, 0) is 42.0 Å². The van der Waals surface area contributed by atoms with Gasteiger partial charge in [0.25, 0.3) is 5.91 Å². The minimum Gasteiger partial charge on any atom is -0.312 e. The fourth-order valence-corrected chi connectivity index (χ4v) is 4.96. The summed E-state index contributed by atoms with van der Waals surface area (Å²) in [5.41, 5.74) is 4.45. The Labute approximate surface area is 212 Å². The van der Waals surface area contributed by atoms with Crippen molar-refractivity contribution in [2.75, 3.05) is 5.32 Å². The van der Waals surface area contributed by atoms with E-state index in [2.05, 4.69) is 22.0 Å². The number of para-hydroxylation sites is 1. The molecule has 4 nitrogen and oxygen atoms in total. The van der Waals surface area contributed by atoms with Crippen molar-refractivity contribution in [1.82, 2.24) is 4.57 Å². The number of benzene rings is 4. The molecule has 1 N–H and O–H groups in total. The highest BCUT2D eigenvalue weighted by atomic mass is 35.5. The number of carbonyl (C=O) groups excluding carboxylic acids is 1. The molecular formula is C29H22ClN3OS. The minimum absolute atomic E-state index is 0.196. The summed E-state index contributed by atoms with van der Waals surface area (Å²) in [6, 6.07) is 37.1. The topological polar surface area (TPSA) is 46.4 Å². The van der Waals surface area contributed by atoms with Gasteiger partial charge in [0.05, 0.1) is 17.9 Å². The maximum absolute atomic E-state index is 13.2. The highest BCUT2D eigenvalue weighted by molar-refractivity contribution is 7.14. The van der Waals surface area contributed by atoms with Crippen LogP contribution in [0.5, 0.6) is 0 Å². The third-order valence-corrected chi connectivity index (χ3v) is 6.70. The third-order valence-electron chi connectivity index (χ3n) is 5.45. The van der Waals surface area contributed by atoms with Crippen molar-refractivity contribution in [3.8, 4) is 11.3 Å². The van der Waals surface area contributed by atoms with E-state index in [0.29, 0.717) is 17.1 Å². The molecule has 172 valence electrons. The van der Waals surface area contributed by atoms with Gasteiger partial charge in [-0.1, -0.05) is 102 Å². The SMILES string of the molecule is O=C(Nc1sc(=Nc2ccccc2)n(Cc2ccccc2)c1-c1ccccc1)c1ccc(Cl)cc1. The Kier molecular flexibility index (Phi) is 6.89. The summed E-state index contributed by atoms with van der Waals surface area (Å²) in [5.74, 6) is -0.196. The van der Waals surface area contributed by atoms with E-state index in [1.807, 2.05) is 78.9 Å². The van der Waals surface area contributed by atoms with Crippen LogP contribution in [0.1, 0.15) is 15.9 Å². The lowest BCUT2D eigenvalue weighted by atomic mass is 10.1. The van der Waals surface area contributed by atoms with Crippen LogP contribution in [0.2, 0.25) is 5.02 Å². The first-order valence-electron chi connectivity index (χ1n) is 11.2. The summed E-state index contributed by atoms with van der Waals surface area (Å²) in [6.45, 7) is 0.615. The zero-order chi connectivity index (χ0) is 24.0. The zero-order valence-electron chi connectivity index (χ0n) is 18.8. The monoisotopic (exact) mass is 495 g/mol. The quantitative estimate of drug-likeness (QED) is 0.262. The molecule has 6 heteroatoms. The molecule has 0 atom stereocenters. The Morgan fingerprint density at radius 2 is 1.40 bits per heavy atom. The van der Waals surface area contributed by atoms with Gasteiger partial charge >= 0.3 is 0 Å². The van der Waals surface area contributed by atoms with Gasteiger partial charge in [0.2, 0.25) is 0 Å². The van der Waals surface area contributed by atoms with E-state index in [-0.39, 0.29) is 5.91 Å². The van der Waals surface area contributed by atoms with Gasteiger partial charge in [-0.25, -0.2) is 4.99 Å². The largest absolute Gasteiger partial charge is 0.312 e. The molecule has 0 aliphatic rings. The van der Waals surface area contributed by atoms with Crippen molar-refractivity contribution in [3.63, 3.8) is 0 Å². The highest BCUT2D eigenvalue weighted by Crippen LogP contribution is 2.32. The fourth-order valence-electron chi connectivity index (χ4n) is 3.77. The van der Waals surface area contributed by atoms with Crippen molar-refractivity contribution in [2.45, 2.75) is 6.54 Å². The predicted molar refractivity (Wildman–Crippen MR) is 144 cm³/mol. The van der Waals surface area contributed by atoms with E-state index in [1.165, 1.54) is 11.3 Å². The third kappa shape index (κ3) is 5.43. The number of nitrogens with zero attached hydrogens (tertiary/aromatic N) is 2. The Balaban J connectivity index is 1.68. The van der Waals surface area contributed by atoms with Gasteiger partial charge in [-0.3, -0.25) is 4.79 Å². The van der Waals surface area contributed by atoms with Crippen LogP contribution >= 0.6 is 22.9 Å².